The van der Waals surface area contributed by atoms with Crippen molar-refractivity contribution >= 4 is 23.4 Å². The highest BCUT2D eigenvalue weighted by molar-refractivity contribution is 7.99. The first kappa shape index (κ1) is 14.2. The number of thioether (sulfide) groups is 1. The Hall–Kier alpha value is -1.20. The molecule has 0 bridgehead atoms. The van der Waals surface area contributed by atoms with Crippen molar-refractivity contribution in [3.8, 4) is 17.2 Å². The van der Waals surface area contributed by atoms with E-state index in [4.69, 9.17) is 16.1 Å². The summed E-state index contributed by atoms with van der Waals surface area (Å²) < 4.78 is 5.16. The molecule has 4 nitrogen and oxygen atoms in total. The van der Waals surface area contributed by atoms with E-state index in [2.05, 4.69) is 24.0 Å². The molecule has 0 spiro atoms. The predicted molar refractivity (Wildman–Crippen MR) is 77.5 cm³/mol. The lowest BCUT2D eigenvalue weighted by atomic mass is 10.2. The maximum atomic E-state index is 9.79. The van der Waals surface area contributed by atoms with E-state index in [-0.39, 0.29) is 5.75 Å². The average Bonchev–Trinajstić information content (AvgIpc) is 2.84. The summed E-state index contributed by atoms with van der Waals surface area (Å²) in [6.07, 6.45) is 1.10. The Bertz CT molecular complexity index is 559. The van der Waals surface area contributed by atoms with Crippen molar-refractivity contribution in [1.82, 2.24) is 10.1 Å². The molecule has 0 aliphatic carbocycles. The van der Waals surface area contributed by atoms with E-state index in [0.717, 1.165) is 6.42 Å². The van der Waals surface area contributed by atoms with Gasteiger partial charge in [0.25, 0.3) is 5.89 Å². The summed E-state index contributed by atoms with van der Waals surface area (Å²) in [5, 5.41) is 14.7. The number of aromatic nitrogens is 2. The third-order valence-electron chi connectivity index (χ3n) is 2.73. The van der Waals surface area contributed by atoms with Gasteiger partial charge in [0.2, 0.25) is 0 Å². The summed E-state index contributed by atoms with van der Waals surface area (Å²) in [4.78, 5) is 4.28. The van der Waals surface area contributed by atoms with Crippen molar-refractivity contribution in [2.45, 2.75) is 31.3 Å². The molecule has 1 aromatic carbocycles. The Morgan fingerprint density at radius 1 is 1.47 bits per heavy atom. The highest BCUT2D eigenvalue weighted by Crippen LogP contribution is 2.30. The summed E-state index contributed by atoms with van der Waals surface area (Å²) in [5.74, 6) is 1.69. The monoisotopic (exact) mass is 298 g/mol. The minimum absolute atomic E-state index is 0.0391. The zero-order valence-corrected chi connectivity index (χ0v) is 12.3. The van der Waals surface area contributed by atoms with Crippen LogP contribution in [0.1, 0.15) is 26.1 Å². The van der Waals surface area contributed by atoms with Gasteiger partial charge in [-0.25, -0.2) is 0 Å². The van der Waals surface area contributed by atoms with Crippen LogP contribution in [0.3, 0.4) is 0 Å². The summed E-state index contributed by atoms with van der Waals surface area (Å²) in [6, 6.07) is 4.79. The molecule has 2 aromatic rings. The van der Waals surface area contributed by atoms with Crippen LogP contribution in [-0.4, -0.2) is 20.5 Å². The van der Waals surface area contributed by atoms with Crippen LogP contribution in [-0.2, 0) is 5.75 Å². The van der Waals surface area contributed by atoms with Gasteiger partial charge in [-0.1, -0.05) is 30.6 Å². The fourth-order valence-corrected chi connectivity index (χ4v) is 2.40. The van der Waals surface area contributed by atoms with E-state index in [9.17, 15) is 5.11 Å². The SMILES string of the molecule is CCC(C)SCc1noc(-c2ccc(Cl)cc2O)n1. The van der Waals surface area contributed by atoms with Crippen LogP contribution in [0.25, 0.3) is 11.5 Å². The lowest BCUT2D eigenvalue weighted by Crippen LogP contribution is -1.94. The summed E-state index contributed by atoms with van der Waals surface area (Å²) in [6.45, 7) is 4.31. The van der Waals surface area contributed by atoms with Crippen LogP contribution in [0.2, 0.25) is 5.02 Å². The third-order valence-corrected chi connectivity index (χ3v) is 4.29. The van der Waals surface area contributed by atoms with Gasteiger partial charge in [0.05, 0.1) is 11.3 Å². The molecule has 6 heteroatoms. The average molecular weight is 299 g/mol. The van der Waals surface area contributed by atoms with Gasteiger partial charge in [-0.05, 0) is 24.6 Å². The number of phenolic OH excluding ortho intramolecular Hbond substituents is 1. The molecule has 1 aromatic heterocycles. The molecule has 0 aliphatic heterocycles. The number of halogens is 1. The molecule has 19 heavy (non-hydrogen) atoms. The van der Waals surface area contributed by atoms with E-state index >= 15 is 0 Å². The number of aromatic hydroxyl groups is 1. The fourth-order valence-electron chi connectivity index (χ4n) is 1.44. The van der Waals surface area contributed by atoms with E-state index in [1.54, 1.807) is 23.9 Å². The van der Waals surface area contributed by atoms with Gasteiger partial charge in [-0.3, -0.25) is 0 Å². The van der Waals surface area contributed by atoms with E-state index in [1.165, 1.54) is 6.07 Å². The number of nitrogens with zero attached hydrogens (tertiary/aromatic N) is 2. The first-order valence-corrected chi connectivity index (χ1v) is 7.46. The quantitative estimate of drug-likeness (QED) is 0.899. The highest BCUT2D eigenvalue weighted by atomic mass is 35.5. The predicted octanol–water partition coefficient (Wildman–Crippen LogP) is 4.13. The van der Waals surface area contributed by atoms with E-state index < -0.39 is 0 Å². The number of rotatable bonds is 5. The second kappa shape index (κ2) is 6.30. The first-order chi connectivity index (χ1) is 9.10. The third kappa shape index (κ3) is 3.64. The van der Waals surface area contributed by atoms with Gasteiger partial charge in [0.15, 0.2) is 5.82 Å². The van der Waals surface area contributed by atoms with Crippen molar-refractivity contribution in [2.24, 2.45) is 0 Å². The van der Waals surface area contributed by atoms with Crippen molar-refractivity contribution < 1.29 is 9.63 Å². The molecule has 1 atom stereocenters. The van der Waals surface area contributed by atoms with E-state index in [1.807, 2.05) is 0 Å². The molecule has 0 aliphatic rings. The van der Waals surface area contributed by atoms with Gasteiger partial charge >= 0.3 is 0 Å². The Morgan fingerprint density at radius 2 is 2.26 bits per heavy atom. The molecule has 102 valence electrons. The summed E-state index contributed by atoms with van der Waals surface area (Å²) in [5.41, 5.74) is 0.497. The van der Waals surface area contributed by atoms with Crippen LogP contribution in [0.5, 0.6) is 5.75 Å². The van der Waals surface area contributed by atoms with Gasteiger partial charge in [-0.2, -0.15) is 16.7 Å². The second-order valence-corrected chi connectivity index (χ2v) is 6.07. The molecule has 1 unspecified atom stereocenters. The van der Waals surface area contributed by atoms with Crippen LogP contribution in [0.15, 0.2) is 22.7 Å². The topological polar surface area (TPSA) is 59.2 Å². The Labute approximate surface area is 121 Å². The number of benzene rings is 1. The maximum absolute atomic E-state index is 9.79. The van der Waals surface area contributed by atoms with Crippen LogP contribution in [0, 0.1) is 0 Å². The van der Waals surface area contributed by atoms with Crippen molar-refractivity contribution in [3.63, 3.8) is 0 Å². The normalized spacial score (nSPS) is 12.6. The van der Waals surface area contributed by atoms with E-state index in [0.29, 0.717) is 33.3 Å². The molecule has 1 N–H and O–H groups in total. The van der Waals surface area contributed by atoms with Gasteiger partial charge in [0, 0.05) is 10.3 Å². The maximum Gasteiger partial charge on any atom is 0.261 e. The largest absolute Gasteiger partial charge is 0.507 e. The number of hydrogen-bond donors (Lipinski definition) is 1. The molecular formula is C13H15ClN2O2S. The minimum Gasteiger partial charge on any atom is -0.507 e. The first-order valence-electron chi connectivity index (χ1n) is 6.03. The number of hydrogen-bond acceptors (Lipinski definition) is 5. The minimum atomic E-state index is 0.0391. The highest BCUT2D eigenvalue weighted by Gasteiger charge is 2.13. The molecule has 0 saturated heterocycles. The Balaban J connectivity index is 2.12. The van der Waals surface area contributed by atoms with Gasteiger partial charge in [-0.15, -0.1) is 0 Å². The van der Waals surface area contributed by atoms with Crippen molar-refractivity contribution in [1.29, 1.82) is 0 Å². The fraction of sp³-hybridized carbons (Fsp3) is 0.385. The summed E-state index contributed by atoms with van der Waals surface area (Å²) in [7, 11) is 0. The van der Waals surface area contributed by atoms with Crippen LogP contribution in [0.4, 0.5) is 0 Å². The molecule has 1 heterocycles. The van der Waals surface area contributed by atoms with Crippen molar-refractivity contribution in [3.05, 3.63) is 29.0 Å². The van der Waals surface area contributed by atoms with Gasteiger partial charge < -0.3 is 9.63 Å². The molecule has 0 saturated carbocycles. The van der Waals surface area contributed by atoms with Crippen LogP contribution < -0.4 is 0 Å². The smallest absolute Gasteiger partial charge is 0.261 e. The molecular weight excluding hydrogens is 284 g/mol. The van der Waals surface area contributed by atoms with Gasteiger partial charge in [0.1, 0.15) is 5.75 Å². The van der Waals surface area contributed by atoms with Crippen molar-refractivity contribution in [2.75, 3.05) is 0 Å². The molecule has 0 fully saturated rings. The summed E-state index contributed by atoms with van der Waals surface area (Å²) >= 11 is 7.56. The molecule has 0 amide bonds. The zero-order chi connectivity index (χ0) is 13.8. The number of phenols is 1. The molecule has 0 radical (unpaired) electrons. The lowest BCUT2D eigenvalue weighted by Gasteiger charge is -2.04. The molecule has 2 rings (SSSR count). The lowest BCUT2D eigenvalue weighted by molar-refractivity contribution is 0.419. The zero-order valence-electron chi connectivity index (χ0n) is 10.8. The van der Waals surface area contributed by atoms with Crippen LogP contribution >= 0.6 is 23.4 Å². The standard InChI is InChI=1S/C13H15ClN2O2S/c1-3-8(2)19-7-12-15-13(18-16-12)10-5-4-9(14)6-11(10)17/h4-6,8,17H,3,7H2,1-2H3. The Morgan fingerprint density at radius 3 is 2.95 bits per heavy atom. The Kier molecular flexibility index (Phi) is 4.71. The second-order valence-electron chi connectivity index (χ2n) is 4.21.